The van der Waals surface area contributed by atoms with E-state index in [0.717, 1.165) is 5.56 Å². The molecule has 0 amide bonds. The number of hydrogen-bond donors (Lipinski definition) is 0. The Morgan fingerprint density at radius 3 is 2.29 bits per heavy atom. The van der Waals surface area contributed by atoms with Crippen molar-refractivity contribution < 1.29 is 4.79 Å². The highest BCUT2D eigenvalue weighted by Gasteiger charge is 2.22. The normalized spacial score (nSPS) is 12.9. The second-order valence-electron chi connectivity index (χ2n) is 3.73. The van der Waals surface area contributed by atoms with E-state index in [1.807, 2.05) is 44.2 Å². The fraction of sp³-hybridized carbons (Fsp3) is 0.417. The number of rotatable bonds is 4. The second-order valence-corrected chi connectivity index (χ2v) is 4.00. The number of alkyl halides is 1. The molecule has 0 N–H and O–H groups in total. The summed E-state index contributed by atoms with van der Waals surface area (Å²) in [7, 11) is 0. The van der Waals surface area contributed by atoms with Crippen LogP contribution < -0.4 is 0 Å². The van der Waals surface area contributed by atoms with Crippen molar-refractivity contribution >= 4 is 17.4 Å². The molecule has 0 bridgehead atoms. The number of halogens is 1. The van der Waals surface area contributed by atoms with Gasteiger partial charge in [0.15, 0.2) is 5.78 Å². The lowest BCUT2D eigenvalue weighted by Gasteiger charge is -2.18. The van der Waals surface area contributed by atoms with Gasteiger partial charge in [0, 0.05) is 5.92 Å². The molecule has 14 heavy (non-hydrogen) atoms. The van der Waals surface area contributed by atoms with Crippen molar-refractivity contribution in [2.24, 2.45) is 5.92 Å². The Hall–Kier alpha value is -0.820. The lowest BCUT2D eigenvalue weighted by Crippen LogP contribution is -2.19. The second kappa shape index (κ2) is 5.16. The monoisotopic (exact) mass is 210 g/mol. The zero-order chi connectivity index (χ0) is 10.6. The summed E-state index contributed by atoms with van der Waals surface area (Å²) in [4.78, 5) is 11.6. The quantitative estimate of drug-likeness (QED) is 0.698. The molecule has 1 unspecified atom stereocenters. The van der Waals surface area contributed by atoms with Crippen molar-refractivity contribution in [3.8, 4) is 0 Å². The van der Waals surface area contributed by atoms with E-state index in [-0.39, 0.29) is 17.6 Å². The molecule has 0 spiro atoms. The highest BCUT2D eigenvalue weighted by molar-refractivity contribution is 6.28. The summed E-state index contributed by atoms with van der Waals surface area (Å²) in [6, 6.07) is 9.81. The third kappa shape index (κ3) is 2.58. The zero-order valence-electron chi connectivity index (χ0n) is 8.53. The van der Waals surface area contributed by atoms with E-state index >= 15 is 0 Å². The van der Waals surface area contributed by atoms with Gasteiger partial charge in [-0.25, -0.2) is 0 Å². The van der Waals surface area contributed by atoms with Crippen LogP contribution in [0.15, 0.2) is 30.3 Å². The van der Waals surface area contributed by atoms with E-state index < -0.39 is 0 Å². The minimum Gasteiger partial charge on any atom is -0.298 e. The number of carbonyl (C=O) groups excluding carboxylic acids is 1. The average Bonchev–Trinajstić information content (AvgIpc) is 2.19. The number of benzene rings is 1. The summed E-state index contributed by atoms with van der Waals surface area (Å²) in [5.74, 6) is 0.433. The van der Waals surface area contributed by atoms with Crippen LogP contribution in [0.1, 0.15) is 25.3 Å². The summed E-state index contributed by atoms with van der Waals surface area (Å²) in [6.07, 6.45) is 0. The largest absolute Gasteiger partial charge is 0.298 e. The van der Waals surface area contributed by atoms with E-state index in [1.54, 1.807) is 0 Å². The van der Waals surface area contributed by atoms with E-state index in [1.165, 1.54) is 0 Å². The van der Waals surface area contributed by atoms with Crippen molar-refractivity contribution in [3.63, 3.8) is 0 Å². The van der Waals surface area contributed by atoms with Crippen molar-refractivity contribution in [3.05, 3.63) is 35.9 Å². The van der Waals surface area contributed by atoms with Crippen molar-refractivity contribution in [1.29, 1.82) is 0 Å². The van der Waals surface area contributed by atoms with Crippen LogP contribution in [0.3, 0.4) is 0 Å². The molecule has 1 nitrogen and oxygen atoms in total. The Labute approximate surface area is 90.1 Å². The maximum atomic E-state index is 11.6. The van der Waals surface area contributed by atoms with Crippen LogP contribution in [0, 0.1) is 5.92 Å². The lowest BCUT2D eigenvalue weighted by atomic mass is 9.85. The summed E-state index contributed by atoms with van der Waals surface area (Å²) < 4.78 is 0. The highest BCUT2D eigenvalue weighted by atomic mass is 35.5. The summed E-state index contributed by atoms with van der Waals surface area (Å²) in [6.45, 7) is 4.09. The number of hydrogen-bond acceptors (Lipinski definition) is 1. The molecular formula is C12H15ClO. The predicted octanol–water partition coefficient (Wildman–Crippen LogP) is 3.23. The van der Waals surface area contributed by atoms with Gasteiger partial charge in [-0.15, -0.1) is 11.6 Å². The number of carbonyl (C=O) groups is 1. The van der Waals surface area contributed by atoms with Crippen molar-refractivity contribution in [2.45, 2.75) is 19.8 Å². The van der Waals surface area contributed by atoms with Crippen LogP contribution in [-0.4, -0.2) is 11.7 Å². The maximum absolute atomic E-state index is 11.6. The molecular weight excluding hydrogens is 196 g/mol. The molecule has 76 valence electrons. The van der Waals surface area contributed by atoms with Gasteiger partial charge in [-0.05, 0) is 11.5 Å². The minimum absolute atomic E-state index is 0.0614. The van der Waals surface area contributed by atoms with E-state index in [9.17, 15) is 4.79 Å². The van der Waals surface area contributed by atoms with Gasteiger partial charge in [-0.3, -0.25) is 4.79 Å². The van der Waals surface area contributed by atoms with E-state index in [4.69, 9.17) is 11.6 Å². The van der Waals surface area contributed by atoms with Crippen LogP contribution in [0.2, 0.25) is 0 Å². The predicted molar refractivity (Wildman–Crippen MR) is 59.7 cm³/mol. The Kier molecular flexibility index (Phi) is 4.15. The summed E-state index contributed by atoms with van der Waals surface area (Å²) in [5, 5.41) is 0. The van der Waals surface area contributed by atoms with Crippen molar-refractivity contribution in [1.82, 2.24) is 0 Å². The number of ketones is 1. The van der Waals surface area contributed by atoms with Crippen LogP contribution in [0.5, 0.6) is 0 Å². The van der Waals surface area contributed by atoms with Gasteiger partial charge in [0.2, 0.25) is 0 Å². The molecule has 0 aromatic heterocycles. The Bertz CT molecular complexity index is 292. The molecule has 0 fully saturated rings. The van der Waals surface area contributed by atoms with Crippen molar-refractivity contribution in [2.75, 3.05) is 5.88 Å². The lowest BCUT2D eigenvalue weighted by molar-refractivity contribution is -0.119. The third-order valence-electron chi connectivity index (χ3n) is 2.30. The van der Waals surface area contributed by atoms with Gasteiger partial charge < -0.3 is 0 Å². The van der Waals surface area contributed by atoms with Gasteiger partial charge in [0.25, 0.3) is 0 Å². The first kappa shape index (κ1) is 11.3. The molecule has 1 aromatic carbocycles. The van der Waals surface area contributed by atoms with E-state index in [2.05, 4.69) is 0 Å². The smallest absolute Gasteiger partial charge is 0.155 e. The topological polar surface area (TPSA) is 17.1 Å². The Balaban J connectivity index is 2.95. The Morgan fingerprint density at radius 1 is 1.29 bits per heavy atom. The molecule has 0 aliphatic rings. The van der Waals surface area contributed by atoms with Crippen LogP contribution in [-0.2, 0) is 4.79 Å². The number of Topliss-reactive ketones (excluding diaryl/α,β-unsaturated/α-hetero) is 1. The van der Waals surface area contributed by atoms with Crippen LogP contribution >= 0.6 is 11.6 Å². The molecule has 2 heteroatoms. The Morgan fingerprint density at radius 2 is 1.86 bits per heavy atom. The minimum atomic E-state index is -0.0614. The average molecular weight is 211 g/mol. The third-order valence-corrected chi connectivity index (χ3v) is 2.57. The van der Waals surface area contributed by atoms with Gasteiger partial charge in [-0.2, -0.15) is 0 Å². The fourth-order valence-corrected chi connectivity index (χ4v) is 1.85. The molecule has 1 rings (SSSR count). The zero-order valence-corrected chi connectivity index (χ0v) is 9.29. The van der Waals surface area contributed by atoms with Crippen LogP contribution in [0.25, 0.3) is 0 Å². The molecule has 1 atom stereocenters. The fourth-order valence-electron chi connectivity index (χ4n) is 1.69. The van der Waals surface area contributed by atoms with Gasteiger partial charge in [0.05, 0.1) is 5.88 Å². The first-order valence-corrected chi connectivity index (χ1v) is 5.34. The highest BCUT2D eigenvalue weighted by Crippen LogP contribution is 2.25. The standard InChI is InChI=1S/C12H15ClO/c1-9(2)12(11(14)8-13)10-6-4-3-5-7-10/h3-7,9,12H,8H2,1-2H3. The van der Waals surface area contributed by atoms with Gasteiger partial charge in [-0.1, -0.05) is 44.2 Å². The SMILES string of the molecule is CC(C)C(C(=O)CCl)c1ccccc1. The van der Waals surface area contributed by atoms with Crippen LogP contribution in [0.4, 0.5) is 0 Å². The molecule has 0 aliphatic heterocycles. The molecule has 0 heterocycles. The molecule has 0 saturated heterocycles. The van der Waals surface area contributed by atoms with Gasteiger partial charge >= 0.3 is 0 Å². The van der Waals surface area contributed by atoms with Gasteiger partial charge in [0.1, 0.15) is 0 Å². The first-order valence-electron chi connectivity index (χ1n) is 4.80. The summed E-state index contributed by atoms with van der Waals surface area (Å²) >= 11 is 5.59. The molecule has 0 radical (unpaired) electrons. The van der Waals surface area contributed by atoms with E-state index in [0.29, 0.717) is 5.92 Å². The maximum Gasteiger partial charge on any atom is 0.155 e. The molecule has 0 aliphatic carbocycles. The first-order chi connectivity index (χ1) is 6.66. The summed E-state index contributed by atoms with van der Waals surface area (Å²) in [5.41, 5.74) is 1.06. The molecule has 1 aromatic rings. The molecule has 0 saturated carbocycles.